The van der Waals surface area contributed by atoms with Gasteiger partial charge in [-0.2, -0.15) is 0 Å². The quantitative estimate of drug-likeness (QED) is 0.772. The molecule has 3 saturated heterocycles. The molecule has 3 heterocycles. The first-order valence-electron chi connectivity index (χ1n) is 9.15. The van der Waals surface area contributed by atoms with Crippen LogP contribution in [0.4, 0.5) is 0 Å². The van der Waals surface area contributed by atoms with E-state index in [4.69, 9.17) is 15.2 Å². The minimum atomic E-state index is -0.467. The van der Waals surface area contributed by atoms with Gasteiger partial charge in [0.15, 0.2) is 0 Å². The van der Waals surface area contributed by atoms with Gasteiger partial charge in [0.25, 0.3) is 0 Å². The maximum atomic E-state index is 12.8. The molecule has 7 nitrogen and oxygen atoms in total. The summed E-state index contributed by atoms with van der Waals surface area (Å²) in [4.78, 5) is 29.1. The van der Waals surface area contributed by atoms with Gasteiger partial charge in [-0.15, -0.1) is 0 Å². The highest BCUT2D eigenvalue weighted by atomic mass is 16.5. The van der Waals surface area contributed by atoms with Crippen molar-refractivity contribution in [2.75, 3.05) is 52.6 Å². The van der Waals surface area contributed by atoms with E-state index in [0.29, 0.717) is 52.6 Å². The van der Waals surface area contributed by atoms with Gasteiger partial charge in [-0.05, 0) is 31.6 Å². The number of morpholine rings is 1. The SMILES string of the molecule is NC(C(=O)N1CCCC(C(=O)N2CCOCC2)C1)C1CCOCC1. The largest absolute Gasteiger partial charge is 0.381 e. The Morgan fingerprint density at radius 3 is 2.29 bits per heavy atom. The van der Waals surface area contributed by atoms with Crippen molar-refractivity contribution < 1.29 is 19.1 Å². The summed E-state index contributed by atoms with van der Waals surface area (Å²) < 4.78 is 10.7. The van der Waals surface area contributed by atoms with Gasteiger partial charge in [0.05, 0.1) is 25.2 Å². The minimum Gasteiger partial charge on any atom is -0.381 e. The highest BCUT2D eigenvalue weighted by Gasteiger charge is 2.35. The van der Waals surface area contributed by atoms with Gasteiger partial charge in [-0.1, -0.05) is 0 Å². The molecule has 2 unspecified atom stereocenters. The second kappa shape index (κ2) is 8.27. The maximum Gasteiger partial charge on any atom is 0.239 e. The Labute approximate surface area is 143 Å². The average molecular weight is 339 g/mol. The van der Waals surface area contributed by atoms with E-state index in [1.54, 1.807) is 0 Å². The molecule has 0 saturated carbocycles. The van der Waals surface area contributed by atoms with E-state index in [-0.39, 0.29) is 23.7 Å². The highest BCUT2D eigenvalue weighted by molar-refractivity contribution is 5.84. The lowest BCUT2D eigenvalue weighted by Gasteiger charge is -2.38. The molecule has 136 valence electrons. The number of amides is 2. The molecule has 3 aliphatic heterocycles. The smallest absolute Gasteiger partial charge is 0.239 e. The molecule has 0 aromatic heterocycles. The van der Waals surface area contributed by atoms with Gasteiger partial charge in [0.1, 0.15) is 0 Å². The van der Waals surface area contributed by atoms with Crippen molar-refractivity contribution in [2.24, 2.45) is 17.6 Å². The summed E-state index contributed by atoms with van der Waals surface area (Å²) in [5.74, 6) is 0.265. The molecule has 0 aliphatic carbocycles. The molecule has 0 aromatic rings. The van der Waals surface area contributed by atoms with Crippen LogP contribution in [0.5, 0.6) is 0 Å². The zero-order valence-electron chi connectivity index (χ0n) is 14.3. The highest BCUT2D eigenvalue weighted by Crippen LogP contribution is 2.23. The molecule has 0 radical (unpaired) electrons. The van der Waals surface area contributed by atoms with E-state index in [1.807, 2.05) is 9.80 Å². The third kappa shape index (κ3) is 4.07. The molecular formula is C17H29N3O4. The van der Waals surface area contributed by atoms with Crippen molar-refractivity contribution >= 4 is 11.8 Å². The molecule has 3 rings (SSSR count). The summed E-state index contributed by atoms with van der Waals surface area (Å²) in [6, 6.07) is -0.467. The fourth-order valence-corrected chi connectivity index (χ4v) is 3.91. The van der Waals surface area contributed by atoms with Gasteiger partial charge in [0.2, 0.25) is 11.8 Å². The Hall–Kier alpha value is -1.18. The number of likely N-dealkylation sites (tertiary alicyclic amines) is 1. The lowest BCUT2D eigenvalue weighted by atomic mass is 9.90. The normalized spacial score (nSPS) is 27.8. The number of carbonyl (C=O) groups is 2. The van der Waals surface area contributed by atoms with Crippen molar-refractivity contribution in [3.8, 4) is 0 Å². The van der Waals surface area contributed by atoms with Crippen molar-refractivity contribution in [2.45, 2.75) is 31.7 Å². The van der Waals surface area contributed by atoms with Crippen LogP contribution in [0.3, 0.4) is 0 Å². The topological polar surface area (TPSA) is 85.1 Å². The van der Waals surface area contributed by atoms with Crippen molar-refractivity contribution in [1.29, 1.82) is 0 Å². The molecule has 3 aliphatic rings. The van der Waals surface area contributed by atoms with Crippen LogP contribution >= 0.6 is 0 Å². The number of ether oxygens (including phenoxy) is 2. The molecule has 0 bridgehead atoms. The van der Waals surface area contributed by atoms with E-state index >= 15 is 0 Å². The summed E-state index contributed by atoms with van der Waals surface area (Å²) in [5, 5.41) is 0. The Morgan fingerprint density at radius 2 is 1.58 bits per heavy atom. The van der Waals surface area contributed by atoms with Gasteiger partial charge in [-0.3, -0.25) is 9.59 Å². The van der Waals surface area contributed by atoms with Crippen molar-refractivity contribution in [3.63, 3.8) is 0 Å². The van der Waals surface area contributed by atoms with E-state index < -0.39 is 6.04 Å². The van der Waals surface area contributed by atoms with Crippen LogP contribution < -0.4 is 5.73 Å². The van der Waals surface area contributed by atoms with Crippen molar-refractivity contribution in [1.82, 2.24) is 9.80 Å². The lowest BCUT2D eigenvalue weighted by Crippen LogP contribution is -2.54. The Kier molecular flexibility index (Phi) is 6.08. The number of nitrogens with two attached hydrogens (primary N) is 1. The van der Waals surface area contributed by atoms with Crippen LogP contribution in [0.15, 0.2) is 0 Å². The zero-order chi connectivity index (χ0) is 16.9. The standard InChI is InChI=1S/C17H29N3O4/c18-15(13-3-8-23-9-4-13)17(22)20-5-1-2-14(12-20)16(21)19-6-10-24-11-7-19/h13-15H,1-12,18H2. The van der Waals surface area contributed by atoms with Crippen LogP contribution in [0, 0.1) is 11.8 Å². The molecule has 0 spiro atoms. The monoisotopic (exact) mass is 339 g/mol. The maximum absolute atomic E-state index is 12.8. The van der Waals surface area contributed by atoms with Crippen LogP contribution in [-0.2, 0) is 19.1 Å². The summed E-state index contributed by atoms with van der Waals surface area (Å²) in [6.45, 7) is 5.11. The van der Waals surface area contributed by atoms with Gasteiger partial charge < -0.3 is 25.0 Å². The number of hydrogen-bond acceptors (Lipinski definition) is 5. The van der Waals surface area contributed by atoms with Crippen molar-refractivity contribution in [3.05, 3.63) is 0 Å². The first kappa shape index (κ1) is 17.6. The van der Waals surface area contributed by atoms with E-state index in [1.165, 1.54) is 0 Å². The third-order valence-electron chi connectivity index (χ3n) is 5.46. The zero-order valence-corrected chi connectivity index (χ0v) is 14.3. The number of piperidine rings is 1. The number of carbonyl (C=O) groups excluding carboxylic acids is 2. The third-order valence-corrected chi connectivity index (χ3v) is 5.46. The minimum absolute atomic E-state index is 0.00128. The summed E-state index contributed by atoms with van der Waals surface area (Å²) >= 11 is 0. The number of rotatable bonds is 3. The lowest BCUT2D eigenvalue weighted by molar-refractivity contribution is -0.145. The molecule has 3 fully saturated rings. The summed E-state index contributed by atoms with van der Waals surface area (Å²) in [7, 11) is 0. The second-order valence-electron chi connectivity index (χ2n) is 7.04. The molecule has 0 aromatic carbocycles. The molecule has 24 heavy (non-hydrogen) atoms. The Balaban J connectivity index is 1.55. The fourth-order valence-electron chi connectivity index (χ4n) is 3.91. The Bertz CT molecular complexity index is 447. The first-order chi connectivity index (χ1) is 11.7. The second-order valence-corrected chi connectivity index (χ2v) is 7.04. The van der Waals surface area contributed by atoms with Crippen LogP contribution in [0.2, 0.25) is 0 Å². The first-order valence-corrected chi connectivity index (χ1v) is 9.15. The fraction of sp³-hybridized carbons (Fsp3) is 0.882. The van der Waals surface area contributed by atoms with E-state index in [9.17, 15) is 9.59 Å². The van der Waals surface area contributed by atoms with Gasteiger partial charge in [-0.25, -0.2) is 0 Å². The van der Waals surface area contributed by atoms with Gasteiger partial charge in [0, 0.05) is 39.4 Å². The number of hydrogen-bond donors (Lipinski definition) is 1. The summed E-state index contributed by atoms with van der Waals surface area (Å²) in [6.07, 6.45) is 3.41. The number of nitrogens with zero attached hydrogens (tertiary/aromatic N) is 2. The predicted molar refractivity (Wildman–Crippen MR) is 88.2 cm³/mol. The van der Waals surface area contributed by atoms with Crippen LogP contribution in [-0.4, -0.2) is 80.3 Å². The predicted octanol–water partition coefficient (Wildman–Crippen LogP) is -0.162. The molecule has 2 N–H and O–H groups in total. The van der Waals surface area contributed by atoms with E-state index in [2.05, 4.69) is 0 Å². The Morgan fingerprint density at radius 1 is 0.917 bits per heavy atom. The molecule has 2 atom stereocenters. The van der Waals surface area contributed by atoms with Crippen LogP contribution in [0.25, 0.3) is 0 Å². The molecule has 7 heteroatoms. The average Bonchev–Trinajstić information content (AvgIpc) is 2.67. The molecular weight excluding hydrogens is 310 g/mol. The van der Waals surface area contributed by atoms with E-state index in [0.717, 1.165) is 25.7 Å². The van der Waals surface area contributed by atoms with Gasteiger partial charge >= 0.3 is 0 Å². The summed E-state index contributed by atoms with van der Waals surface area (Å²) in [5.41, 5.74) is 6.23. The van der Waals surface area contributed by atoms with Crippen LogP contribution in [0.1, 0.15) is 25.7 Å². The molecule has 2 amide bonds.